The molecule has 0 bridgehead atoms. The molecule has 1 N–H and O–H groups in total. The number of aliphatic hydroxyl groups excluding tert-OH is 1. The topological polar surface area (TPSA) is 42.4 Å². The molecule has 0 radical (unpaired) electrons. The van der Waals surface area contributed by atoms with E-state index in [0.717, 1.165) is 5.56 Å². The summed E-state index contributed by atoms with van der Waals surface area (Å²) in [5.74, 6) is 0.292. The lowest BCUT2D eigenvalue weighted by molar-refractivity contribution is 0.276. The summed E-state index contributed by atoms with van der Waals surface area (Å²) < 4.78 is 18.0. The van der Waals surface area contributed by atoms with Crippen LogP contribution in [0.15, 0.2) is 36.4 Å². The van der Waals surface area contributed by atoms with Crippen molar-refractivity contribution in [3.63, 3.8) is 0 Å². The van der Waals surface area contributed by atoms with Crippen molar-refractivity contribution >= 4 is 0 Å². The van der Waals surface area contributed by atoms with E-state index in [-0.39, 0.29) is 12.4 Å². The van der Waals surface area contributed by atoms with Crippen LogP contribution >= 0.6 is 0 Å². The zero-order valence-corrected chi connectivity index (χ0v) is 9.35. The number of benzene rings is 1. The number of hydrogen-bond donors (Lipinski definition) is 1. The van der Waals surface area contributed by atoms with Gasteiger partial charge in [-0.2, -0.15) is 0 Å². The average molecular weight is 233 g/mol. The van der Waals surface area contributed by atoms with E-state index in [1.807, 2.05) is 0 Å². The summed E-state index contributed by atoms with van der Waals surface area (Å²) in [7, 11) is 1.54. The summed E-state index contributed by atoms with van der Waals surface area (Å²) in [5, 5.41) is 9.05. The minimum absolute atomic E-state index is 0.141. The molecule has 0 spiro atoms. The Balaban J connectivity index is 2.51. The Kier molecular flexibility index (Phi) is 3.35. The van der Waals surface area contributed by atoms with E-state index in [1.54, 1.807) is 31.4 Å². The van der Waals surface area contributed by atoms with Crippen LogP contribution in [0.4, 0.5) is 4.39 Å². The molecule has 0 aliphatic carbocycles. The molecule has 2 rings (SSSR count). The molecular weight excluding hydrogens is 221 g/mol. The Morgan fingerprint density at radius 1 is 1.18 bits per heavy atom. The van der Waals surface area contributed by atoms with Crippen LogP contribution in [0.3, 0.4) is 0 Å². The lowest BCUT2D eigenvalue weighted by Crippen LogP contribution is -1.96. The zero-order chi connectivity index (χ0) is 12.3. The van der Waals surface area contributed by atoms with Gasteiger partial charge in [-0.05, 0) is 36.4 Å². The van der Waals surface area contributed by atoms with Gasteiger partial charge in [0.05, 0.1) is 19.4 Å². The van der Waals surface area contributed by atoms with Crippen molar-refractivity contribution < 1.29 is 14.2 Å². The third kappa shape index (κ3) is 2.42. The predicted molar refractivity (Wildman–Crippen MR) is 62.1 cm³/mol. The van der Waals surface area contributed by atoms with E-state index in [2.05, 4.69) is 4.98 Å². The molecule has 0 aliphatic rings. The summed E-state index contributed by atoms with van der Waals surface area (Å²) in [4.78, 5) is 4.26. The van der Waals surface area contributed by atoms with Crippen molar-refractivity contribution in [2.24, 2.45) is 0 Å². The lowest BCUT2D eigenvalue weighted by atomic mass is 10.1. The van der Waals surface area contributed by atoms with E-state index >= 15 is 0 Å². The fraction of sp³-hybridized carbons (Fsp3) is 0.154. The maximum absolute atomic E-state index is 12.8. The van der Waals surface area contributed by atoms with Crippen LogP contribution in [-0.2, 0) is 6.61 Å². The molecule has 0 saturated carbocycles. The molecule has 0 saturated heterocycles. The minimum atomic E-state index is -0.300. The standard InChI is InChI=1S/C13H12FNO2/c1-17-12-7-6-11(8-16)15-13(12)9-2-4-10(14)5-3-9/h2-7,16H,8H2,1H3. The number of pyridine rings is 1. The smallest absolute Gasteiger partial charge is 0.145 e. The second-order valence-corrected chi connectivity index (χ2v) is 3.52. The van der Waals surface area contributed by atoms with E-state index < -0.39 is 0 Å². The highest BCUT2D eigenvalue weighted by Crippen LogP contribution is 2.28. The van der Waals surface area contributed by atoms with E-state index in [4.69, 9.17) is 9.84 Å². The fourth-order valence-corrected chi connectivity index (χ4v) is 1.55. The quantitative estimate of drug-likeness (QED) is 0.885. The molecule has 0 atom stereocenters. The van der Waals surface area contributed by atoms with Crippen molar-refractivity contribution in [1.29, 1.82) is 0 Å². The summed E-state index contributed by atoms with van der Waals surface area (Å²) >= 11 is 0. The van der Waals surface area contributed by atoms with Crippen molar-refractivity contribution in [3.8, 4) is 17.0 Å². The van der Waals surface area contributed by atoms with Crippen molar-refractivity contribution in [3.05, 3.63) is 47.9 Å². The average Bonchev–Trinajstić information content (AvgIpc) is 2.39. The first-order valence-corrected chi connectivity index (χ1v) is 5.15. The van der Waals surface area contributed by atoms with Crippen LogP contribution in [0, 0.1) is 5.82 Å². The number of hydrogen-bond acceptors (Lipinski definition) is 3. The fourth-order valence-electron chi connectivity index (χ4n) is 1.55. The first kappa shape index (κ1) is 11.5. The first-order valence-electron chi connectivity index (χ1n) is 5.15. The molecule has 1 aromatic heterocycles. The van der Waals surface area contributed by atoms with Gasteiger partial charge in [-0.1, -0.05) is 0 Å². The molecule has 0 aliphatic heterocycles. The monoisotopic (exact) mass is 233 g/mol. The number of aromatic nitrogens is 1. The number of methoxy groups -OCH3 is 1. The van der Waals surface area contributed by atoms with E-state index in [1.165, 1.54) is 12.1 Å². The molecule has 4 heteroatoms. The normalized spacial score (nSPS) is 10.3. The Hall–Kier alpha value is -1.94. The van der Waals surface area contributed by atoms with Crippen LogP contribution in [-0.4, -0.2) is 17.2 Å². The summed E-state index contributed by atoms with van der Waals surface area (Å²) in [6.07, 6.45) is 0. The largest absolute Gasteiger partial charge is 0.494 e. The highest BCUT2D eigenvalue weighted by molar-refractivity contribution is 5.66. The second-order valence-electron chi connectivity index (χ2n) is 3.52. The minimum Gasteiger partial charge on any atom is -0.494 e. The Morgan fingerprint density at radius 2 is 1.88 bits per heavy atom. The van der Waals surface area contributed by atoms with Gasteiger partial charge in [-0.25, -0.2) is 9.37 Å². The molecule has 0 fully saturated rings. The third-order valence-electron chi connectivity index (χ3n) is 2.42. The maximum atomic E-state index is 12.8. The Morgan fingerprint density at radius 3 is 2.47 bits per heavy atom. The Labute approximate surface area is 98.5 Å². The molecule has 17 heavy (non-hydrogen) atoms. The van der Waals surface area contributed by atoms with Gasteiger partial charge in [-0.3, -0.25) is 0 Å². The van der Waals surface area contributed by atoms with E-state index in [0.29, 0.717) is 17.1 Å². The molecule has 1 aromatic carbocycles. The van der Waals surface area contributed by atoms with Gasteiger partial charge < -0.3 is 9.84 Å². The third-order valence-corrected chi connectivity index (χ3v) is 2.42. The highest BCUT2D eigenvalue weighted by Gasteiger charge is 2.08. The molecule has 0 amide bonds. The van der Waals surface area contributed by atoms with Crippen LogP contribution in [0.25, 0.3) is 11.3 Å². The van der Waals surface area contributed by atoms with Crippen LogP contribution < -0.4 is 4.74 Å². The summed E-state index contributed by atoms with van der Waals surface area (Å²) in [5.41, 5.74) is 1.89. The van der Waals surface area contributed by atoms with Gasteiger partial charge in [-0.15, -0.1) is 0 Å². The number of aliphatic hydroxyl groups is 1. The lowest BCUT2D eigenvalue weighted by Gasteiger charge is -2.09. The molecule has 3 nitrogen and oxygen atoms in total. The number of rotatable bonds is 3. The number of halogens is 1. The van der Waals surface area contributed by atoms with Crippen molar-refractivity contribution in [2.75, 3.05) is 7.11 Å². The first-order chi connectivity index (χ1) is 8.24. The van der Waals surface area contributed by atoms with Crippen molar-refractivity contribution in [2.45, 2.75) is 6.61 Å². The molecule has 0 unspecified atom stereocenters. The Bertz CT molecular complexity index is 511. The second kappa shape index (κ2) is 4.93. The van der Waals surface area contributed by atoms with Crippen molar-refractivity contribution in [1.82, 2.24) is 4.98 Å². The van der Waals surface area contributed by atoms with Gasteiger partial charge in [0, 0.05) is 5.56 Å². The van der Waals surface area contributed by atoms with Crippen LogP contribution in [0.1, 0.15) is 5.69 Å². The zero-order valence-electron chi connectivity index (χ0n) is 9.35. The van der Waals surface area contributed by atoms with Crippen LogP contribution in [0.2, 0.25) is 0 Å². The molecule has 88 valence electrons. The van der Waals surface area contributed by atoms with Gasteiger partial charge >= 0.3 is 0 Å². The predicted octanol–water partition coefficient (Wildman–Crippen LogP) is 2.39. The maximum Gasteiger partial charge on any atom is 0.145 e. The SMILES string of the molecule is COc1ccc(CO)nc1-c1ccc(F)cc1. The van der Waals surface area contributed by atoms with Gasteiger partial charge in [0.2, 0.25) is 0 Å². The highest BCUT2D eigenvalue weighted by atomic mass is 19.1. The summed E-state index contributed by atoms with van der Waals surface area (Å²) in [6, 6.07) is 9.40. The van der Waals surface area contributed by atoms with Gasteiger partial charge in [0.15, 0.2) is 0 Å². The molecular formula is C13H12FNO2. The van der Waals surface area contributed by atoms with E-state index in [9.17, 15) is 4.39 Å². The molecule has 1 heterocycles. The van der Waals surface area contributed by atoms with Gasteiger partial charge in [0.25, 0.3) is 0 Å². The summed E-state index contributed by atoms with van der Waals surface area (Å²) in [6.45, 7) is -0.141. The van der Waals surface area contributed by atoms with Crippen LogP contribution in [0.5, 0.6) is 5.75 Å². The molecule has 2 aromatic rings. The number of nitrogens with zero attached hydrogens (tertiary/aromatic N) is 1. The number of ether oxygens (including phenoxy) is 1. The van der Waals surface area contributed by atoms with Gasteiger partial charge in [0.1, 0.15) is 17.3 Å².